The molecule has 0 spiro atoms. The third kappa shape index (κ3) is 3.80. The lowest BCUT2D eigenvalue weighted by Crippen LogP contribution is -2.12. The summed E-state index contributed by atoms with van der Waals surface area (Å²) in [4.78, 5) is 4.33. The molecular weight excluding hydrogens is 236 g/mol. The smallest absolute Gasteiger partial charge is 0.135 e. The predicted octanol–water partition coefficient (Wildman–Crippen LogP) is 3.60. The lowest BCUT2D eigenvalue weighted by molar-refractivity contribution is 0.471. The Labute approximate surface area is 114 Å². The maximum atomic E-state index is 5.99. The summed E-state index contributed by atoms with van der Waals surface area (Å²) in [5, 5.41) is 3.30. The first-order valence-electron chi connectivity index (χ1n) is 6.60. The minimum atomic E-state index is 0.769. The Bertz CT molecular complexity index is 552. The van der Waals surface area contributed by atoms with E-state index in [0.29, 0.717) is 0 Å². The highest BCUT2D eigenvalue weighted by molar-refractivity contribution is 5.38. The fraction of sp³-hybridized carbons (Fsp3) is 0.312. The highest BCUT2D eigenvalue weighted by Crippen LogP contribution is 2.26. The zero-order chi connectivity index (χ0) is 13.7. The number of nitrogens with one attached hydrogen (secondary N) is 1. The van der Waals surface area contributed by atoms with Gasteiger partial charge in [-0.15, -0.1) is 0 Å². The second-order valence-corrected chi connectivity index (χ2v) is 4.63. The largest absolute Gasteiger partial charge is 0.457 e. The SMILES string of the molecule is CCNCc1cnc(C)cc1Oc1cccc(C)c1. The lowest BCUT2D eigenvalue weighted by atomic mass is 10.2. The van der Waals surface area contributed by atoms with Gasteiger partial charge in [0.1, 0.15) is 11.5 Å². The Morgan fingerprint density at radius 3 is 2.79 bits per heavy atom. The Kier molecular flexibility index (Phi) is 4.53. The summed E-state index contributed by atoms with van der Waals surface area (Å²) >= 11 is 0. The molecule has 0 saturated heterocycles. The van der Waals surface area contributed by atoms with Gasteiger partial charge in [0.15, 0.2) is 0 Å². The molecule has 0 unspecified atom stereocenters. The van der Waals surface area contributed by atoms with Crippen molar-refractivity contribution < 1.29 is 4.74 Å². The Balaban J connectivity index is 2.24. The van der Waals surface area contributed by atoms with E-state index in [-0.39, 0.29) is 0 Å². The van der Waals surface area contributed by atoms with E-state index in [9.17, 15) is 0 Å². The molecule has 0 aliphatic rings. The topological polar surface area (TPSA) is 34.2 Å². The summed E-state index contributed by atoms with van der Waals surface area (Å²) in [7, 11) is 0. The number of aromatic nitrogens is 1. The quantitative estimate of drug-likeness (QED) is 0.887. The molecule has 1 aromatic carbocycles. The minimum Gasteiger partial charge on any atom is -0.457 e. The van der Waals surface area contributed by atoms with Gasteiger partial charge in [-0.2, -0.15) is 0 Å². The van der Waals surface area contributed by atoms with Crippen molar-refractivity contribution >= 4 is 0 Å². The van der Waals surface area contributed by atoms with E-state index in [2.05, 4.69) is 30.2 Å². The number of hydrogen-bond donors (Lipinski definition) is 1. The summed E-state index contributed by atoms with van der Waals surface area (Å²) in [6, 6.07) is 10.1. The molecule has 2 aromatic rings. The number of ether oxygens (including phenoxy) is 1. The van der Waals surface area contributed by atoms with E-state index in [1.165, 1.54) is 5.56 Å². The zero-order valence-corrected chi connectivity index (χ0v) is 11.7. The predicted molar refractivity (Wildman–Crippen MR) is 77.6 cm³/mol. The molecule has 0 fully saturated rings. The Morgan fingerprint density at radius 1 is 1.21 bits per heavy atom. The van der Waals surface area contributed by atoms with Crippen molar-refractivity contribution in [2.24, 2.45) is 0 Å². The summed E-state index contributed by atoms with van der Waals surface area (Å²) in [6.07, 6.45) is 1.88. The molecule has 0 amide bonds. The molecule has 0 aliphatic heterocycles. The van der Waals surface area contributed by atoms with Gasteiger partial charge in [0.25, 0.3) is 0 Å². The fourth-order valence-corrected chi connectivity index (χ4v) is 1.86. The minimum absolute atomic E-state index is 0.769. The number of aryl methyl sites for hydroxylation is 2. The van der Waals surface area contributed by atoms with Gasteiger partial charge in [0, 0.05) is 30.1 Å². The third-order valence-electron chi connectivity index (χ3n) is 2.86. The van der Waals surface area contributed by atoms with Crippen LogP contribution in [-0.4, -0.2) is 11.5 Å². The van der Waals surface area contributed by atoms with Crippen LogP contribution in [0, 0.1) is 13.8 Å². The van der Waals surface area contributed by atoms with Crippen molar-refractivity contribution in [2.45, 2.75) is 27.3 Å². The van der Waals surface area contributed by atoms with Crippen molar-refractivity contribution in [3.63, 3.8) is 0 Å². The van der Waals surface area contributed by atoms with Crippen LogP contribution < -0.4 is 10.1 Å². The molecular formula is C16H20N2O. The molecule has 0 bridgehead atoms. The van der Waals surface area contributed by atoms with Gasteiger partial charge >= 0.3 is 0 Å². The van der Waals surface area contributed by atoms with Crippen molar-refractivity contribution in [2.75, 3.05) is 6.54 Å². The van der Waals surface area contributed by atoms with Crippen molar-refractivity contribution in [3.8, 4) is 11.5 Å². The van der Waals surface area contributed by atoms with E-state index in [0.717, 1.165) is 35.8 Å². The molecule has 100 valence electrons. The number of rotatable bonds is 5. The molecule has 3 nitrogen and oxygen atoms in total. The van der Waals surface area contributed by atoms with E-state index >= 15 is 0 Å². The van der Waals surface area contributed by atoms with Crippen LogP contribution in [0.1, 0.15) is 23.7 Å². The normalized spacial score (nSPS) is 10.5. The van der Waals surface area contributed by atoms with Gasteiger partial charge in [0.2, 0.25) is 0 Å². The highest BCUT2D eigenvalue weighted by atomic mass is 16.5. The van der Waals surface area contributed by atoms with E-state index in [1.54, 1.807) is 0 Å². The van der Waals surface area contributed by atoms with Gasteiger partial charge in [0.05, 0.1) is 0 Å². The highest BCUT2D eigenvalue weighted by Gasteiger charge is 2.06. The van der Waals surface area contributed by atoms with Gasteiger partial charge < -0.3 is 10.1 Å². The van der Waals surface area contributed by atoms with Gasteiger partial charge in [-0.1, -0.05) is 19.1 Å². The molecule has 1 N–H and O–H groups in total. The average molecular weight is 256 g/mol. The second kappa shape index (κ2) is 6.34. The molecule has 0 aliphatic carbocycles. The molecule has 0 radical (unpaired) electrons. The van der Waals surface area contributed by atoms with Crippen LogP contribution in [0.2, 0.25) is 0 Å². The molecule has 1 heterocycles. The first-order valence-corrected chi connectivity index (χ1v) is 6.60. The van der Waals surface area contributed by atoms with E-state index in [1.807, 2.05) is 37.4 Å². The average Bonchev–Trinajstić information content (AvgIpc) is 2.38. The summed E-state index contributed by atoms with van der Waals surface area (Å²) in [5.74, 6) is 1.74. The molecule has 0 atom stereocenters. The summed E-state index contributed by atoms with van der Waals surface area (Å²) in [5.41, 5.74) is 3.23. The van der Waals surface area contributed by atoms with Crippen LogP contribution in [0.15, 0.2) is 36.5 Å². The Hall–Kier alpha value is -1.87. The van der Waals surface area contributed by atoms with Crippen molar-refractivity contribution in [1.82, 2.24) is 10.3 Å². The monoisotopic (exact) mass is 256 g/mol. The van der Waals surface area contributed by atoms with Crippen molar-refractivity contribution in [1.29, 1.82) is 0 Å². The molecule has 0 saturated carbocycles. The number of pyridine rings is 1. The summed E-state index contributed by atoms with van der Waals surface area (Å²) < 4.78 is 5.99. The molecule has 19 heavy (non-hydrogen) atoms. The standard InChI is InChI=1S/C16H20N2O/c1-4-17-10-14-11-18-13(3)9-16(14)19-15-7-5-6-12(2)8-15/h5-9,11,17H,4,10H2,1-3H3. The third-order valence-corrected chi connectivity index (χ3v) is 2.86. The van der Waals surface area contributed by atoms with Gasteiger partial charge in [-0.3, -0.25) is 4.98 Å². The maximum absolute atomic E-state index is 5.99. The molecule has 2 rings (SSSR count). The molecule has 1 aromatic heterocycles. The van der Waals surface area contributed by atoms with Crippen LogP contribution in [0.4, 0.5) is 0 Å². The van der Waals surface area contributed by atoms with Gasteiger partial charge in [-0.05, 0) is 38.1 Å². The summed E-state index contributed by atoms with van der Waals surface area (Å²) in [6.45, 7) is 7.82. The first kappa shape index (κ1) is 13.6. The van der Waals surface area contributed by atoms with Crippen LogP contribution >= 0.6 is 0 Å². The van der Waals surface area contributed by atoms with Crippen LogP contribution in [-0.2, 0) is 6.54 Å². The number of nitrogens with zero attached hydrogens (tertiary/aromatic N) is 1. The van der Waals surface area contributed by atoms with E-state index < -0.39 is 0 Å². The number of hydrogen-bond acceptors (Lipinski definition) is 3. The second-order valence-electron chi connectivity index (χ2n) is 4.63. The van der Waals surface area contributed by atoms with Crippen LogP contribution in [0.25, 0.3) is 0 Å². The van der Waals surface area contributed by atoms with Crippen LogP contribution in [0.5, 0.6) is 11.5 Å². The fourth-order valence-electron chi connectivity index (χ4n) is 1.86. The van der Waals surface area contributed by atoms with Gasteiger partial charge in [-0.25, -0.2) is 0 Å². The lowest BCUT2D eigenvalue weighted by Gasteiger charge is -2.12. The first-order chi connectivity index (χ1) is 9.19. The maximum Gasteiger partial charge on any atom is 0.135 e. The van der Waals surface area contributed by atoms with E-state index in [4.69, 9.17) is 4.74 Å². The number of benzene rings is 1. The zero-order valence-electron chi connectivity index (χ0n) is 11.7. The Morgan fingerprint density at radius 2 is 2.05 bits per heavy atom. The van der Waals surface area contributed by atoms with Crippen LogP contribution in [0.3, 0.4) is 0 Å². The molecule has 3 heteroatoms. The van der Waals surface area contributed by atoms with Crippen molar-refractivity contribution in [3.05, 3.63) is 53.3 Å².